The predicted molar refractivity (Wildman–Crippen MR) is 62.3 cm³/mol. The Kier molecular flexibility index (Phi) is 2.91. The van der Waals surface area contributed by atoms with Crippen LogP contribution in [0.4, 0.5) is 10.5 Å². The van der Waals surface area contributed by atoms with Gasteiger partial charge in [-0.3, -0.25) is 4.57 Å². The average Bonchev–Trinajstić information content (AvgIpc) is 2.83. The molecule has 0 aliphatic rings. The first-order valence-electron chi connectivity index (χ1n) is 4.95. The van der Waals surface area contributed by atoms with Crippen LogP contribution >= 0.6 is 0 Å². The highest BCUT2D eigenvalue weighted by atomic mass is 16.4. The lowest BCUT2D eigenvalue weighted by Crippen LogP contribution is -2.19. The Balaban J connectivity index is 2.25. The van der Waals surface area contributed by atoms with Gasteiger partial charge in [0.1, 0.15) is 0 Å². The summed E-state index contributed by atoms with van der Waals surface area (Å²) >= 11 is 0. The highest BCUT2D eigenvalue weighted by Gasteiger charge is 2.11. The second kappa shape index (κ2) is 4.52. The number of nitrogens with one attached hydrogen (secondary N) is 1. The van der Waals surface area contributed by atoms with Crippen molar-refractivity contribution in [3.8, 4) is 0 Å². The molecule has 0 unspecified atom stereocenters. The van der Waals surface area contributed by atoms with Gasteiger partial charge in [0.05, 0.1) is 11.3 Å². The van der Waals surface area contributed by atoms with Crippen LogP contribution in [-0.4, -0.2) is 21.7 Å². The van der Waals surface area contributed by atoms with E-state index in [0.717, 1.165) is 0 Å². The van der Waals surface area contributed by atoms with Crippen LogP contribution < -0.4 is 5.32 Å². The van der Waals surface area contributed by atoms with E-state index in [0.29, 0.717) is 0 Å². The van der Waals surface area contributed by atoms with Crippen molar-refractivity contribution in [1.29, 1.82) is 0 Å². The number of carbonyl (C=O) groups excluding carboxylic acids is 1. The summed E-state index contributed by atoms with van der Waals surface area (Å²) in [5, 5.41) is 11.5. The van der Waals surface area contributed by atoms with Crippen molar-refractivity contribution in [2.45, 2.75) is 0 Å². The zero-order valence-electron chi connectivity index (χ0n) is 8.83. The molecule has 0 spiro atoms. The van der Waals surface area contributed by atoms with Gasteiger partial charge in [-0.1, -0.05) is 12.1 Å². The molecule has 0 aliphatic heterocycles. The van der Waals surface area contributed by atoms with Crippen molar-refractivity contribution < 1.29 is 14.7 Å². The third kappa shape index (κ3) is 2.34. The molecule has 0 saturated carbocycles. The van der Waals surface area contributed by atoms with Crippen molar-refractivity contribution in [2.75, 3.05) is 5.32 Å². The quantitative estimate of drug-likeness (QED) is 0.831. The van der Waals surface area contributed by atoms with Crippen LogP contribution in [0.2, 0.25) is 0 Å². The lowest BCUT2D eigenvalue weighted by atomic mass is 10.2. The van der Waals surface area contributed by atoms with E-state index in [4.69, 9.17) is 5.11 Å². The number of rotatable bonds is 2. The molecule has 1 heterocycles. The summed E-state index contributed by atoms with van der Waals surface area (Å²) < 4.78 is 1.33. The van der Waals surface area contributed by atoms with Gasteiger partial charge in [0, 0.05) is 12.4 Å². The fraction of sp³-hybridized carbons (Fsp3) is 0. The minimum atomic E-state index is -1.08. The van der Waals surface area contributed by atoms with Gasteiger partial charge >= 0.3 is 12.0 Å². The number of anilines is 1. The summed E-state index contributed by atoms with van der Waals surface area (Å²) in [6.07, 6.45) is 3.16. The number of hydrogen-bond donors (Lipinski definition) is 2. The van der Waals surface area contributed by atoms with Crippen molar-refractivity contribution in [3.63, 3.8) is 0 Å². The number of aromatic carboxylic acids is 1. The number of carboxylic acids is 1. The number of amides is 1. The third-order valence-corrected chi connectivity index (χ3v) is 2.24. The number of carboxylic acid groups (broad SMARTS) is 1. The molecule has 1 amide bonds. The molecular weight excluding hydrogens is 220 g/mol. The SMILES string of the molecule is O=C(O)c1ccccc1NC(=O)n1cccc1. The Bertz CT molecular complexity index is 547. The standard InChI is InChI=1S/C12H10N2O3/c15-11(16)9-5-1-2-6-10(9)13-12(17)14-7-3-4-8-14/h1-8H,(H,13,17)(H,15,16). The van der Waals surface area contributed by atoms with Crippen LogP contribution in [0.1, 0.15) is 10.4 Å². The Hall–Kier alpha value is -2.56. The van der Waals surface area contributed by atoms with Gasteiger partial charge in [-0.15, -0.1) is 0 Å². The molecule has 0 aliphatic carbocycles. The van der Waals surface area contributed by atoms with Gasteiger partial charge < -0.3 is 10.4 Å². The fourth-order valence-corrected chi connectivity index (χ4v) is 1.43. The first-order valence-corrected chi connectivity index (χ1v) is 4.95. The molecule has 0 fully saturated rings. The Morgan fingerprint density at radius 1 is 1.06 bits per heavy atom. The molecule has 5 heteroatoms. The van der Waals surface area contributed by atoms with E-state index in [1.165, 1.54) is 10.6 Å². The number of benzene rings is 1. The summed E-state index contributed by atoms with van der Waals surface area (Å²) in [7, 11) is 0. The number of hydrogen-bond acceptors (Lipinski definition) is 2. The Labute approximate surface area is 97.3 Å². The van der Waals surface area contributed by atoms with Gasteiger partial charge in [0.2, 0.25) is 0 Å². The van der Waals surface area contributed by atoms with Crippen molar-refractivity contribution in [1.82, 2.24) is 4.57 Å². The minimum absolute atomic E-state index is 0.0630. The van der Waals surface area contributed by atoms with Gasteiger partial charge in [-0.25, -0.2) is 9.59 Å². The van der Waals surface area contributed by atoms with Crippen LogP contribution in [0.3, 0.4) is 0 Å². The fourth-order valence-electron chi connectivity index (χ4n) is 1.43. The first kappa shape index (κ1) is 10.9. The predicted octanol–water partition coefficient (Wildman–Crippen LogP) is 2.27. The van der Waals surface area contributed by atoms with Crippen LogP contribution in [-0.2, 0) is 0 Å². The number of carbonyl (C=O) groups is 2. The van der Waals surface area contributed by atoms with E-state index in [1.54, 1.807) is 42.7 Å². The zero-order chi connectivity index (χ0) is 12.3. The smallest absolute Gasteiger partial charge is 0.337 e. The Morgan fingerprint density at radius 2 is 1.71 bits per heavy atom. The molecular formula is C12H10N2O3. The monoisotopic (exact) mass is 230 g/mol. The molecule has 2 N–H and O–H groups in total. The molecule has 5 nitrogen and oxygen atoms in total. The molecule has 2 aromatic rings. The topological polar surface area (TPSA) is 71.3 Å². The van der Waals surface area contributed by atoms with Gasteiger partial charge in [0.25, 0.3) is 0 Å². The van der Waals surface area contributed by atoms with Gasteiger partial charge in [0.15, 0.2) is 0 Å². The summed E-state index contributed by atoms with van der Waals surface area (Å²) in [4.78, 5) is 22.6. The van der Waals surface area contributed by atoms with Gasteiger partial charge in [-0.05, 0) is 24.3 Å². The summed E-state index contributed by atoms with van der Waals surface area (Å²) in [6, 6.07) is 9.28. The van der Waals surface area contributed by atoms with E-state index in [1.807, 2.05) is 0 Å². The maximum Gasteiger partial charge on any atom is 0.337 e. The normalized spacial score (nSPS) is 9.88. The second-order valence-corrected chi connectivity index (χ2v) is 3.37. The third-order valence-electron chi connectivity index (χ3n) is 2.24. The average molecular weight is 230 g/mol. The molecule has 1 aromatic carbocycles. The molecule has 1 aromatic heterocycles. The lowest BCUT2D eigenvalue weighted by molar-refractivity contribution is 0.0698. The summed E-state index contributed by atoms with van der Waals surface area (Å²) in [6.45, 7) is 0. The van der Waals surface area contributed by atoms with Gasteiger partial charge in [-0.2, -0.15) is 0 Å². The largest absolute Gasteiger partial charge is 0.478 e. The minimum Gasteiger partial charge on any atom is -0.478 e. The van der Waals surface area contributed by atoms with E-state index in [2.05, 4.69) is 5.32 Å². The molecule has 86 valence electrons. The number of para-hydroxylation sites is 1. The van der Waals surface area contributed by atoms with Crippen molar-refractivity contribution >= 4 is 17.7 Å². The summed E-state index contributed by atoms with van der Waals surface area (Å²) in [5.41, 5.74) is 0.340. The van der Waals surface area contributed by atoms with E-state index < -0.39 is 12.0 Å². The first-order chi connectivity index (χ1) is 8.18. The maximum atomic E-state index is 11.7. The second-order valence-electron chi connectivity index (χ2n) is 3.37. The molecule has 0 radical (unpaired) electrons. The van der Waals surface area contributed by atoms with Crippen LogP contribution in [0, 0.1) is 0 Å². The molecule has 2 rings (SSSR count). The van der Waals surface area contributed by atoms with E-state index in [9.17, 15) is 9.59 Å². The molecule has 0 saturated heterocycles. The molecule has 17 heavy (non-hydrogen) atoms. The summed E-state index contributed by atoms with van der Waals surface area (Å²) in [5.74, 6) is -1.08. The van der Waals surface area contributed by atoms with E-state index >= 15 is 0 Å². The van der Waals surface area contributed by atoms with E-state index in [-0.39, 0.29) is 11.3 Å². The molecule has 0 bridgehead atoms. The van der Waals surface area contributed by atoms with Crippen molar-refractivity contribution in [2.24, 2.45) is 0 Å². The van der Waals surface area contributed by atoms with Crippen LogP contribution in [0.5, 0.6) is 0 Å². The number of aromatic nitrogens is 1. The maximum absolute atomic E-state index is 11.7. The Morgan fingerprint density at radius 3 is 2.35 bits per heavy atom. The molecule has 0 atom stereocenters. The lowest BCUT2D eigenvalue weighted by Gasteiger charge is -2.08. The zero-order valence-corrected chi connectivity index (χ0v) is 8.83. The highest BCUT2D eigenvalue weighted by molar-refractivity contribution is 6.00. The number of nitrogens with zero attached hydrogens (tertiary/aromatic N) is 1. The van der Waals surface area contributed by atoms with Crippen molar-refractivity contribution in [3.05, 3.63) is 54.4 Å². The van der Waals surface area contributed by atoms with Crippen LogP contribution in [0.25, 0.3) is 0 Å². The highest BCUT2D eigenvalue weighted by Crippen LogP contribution is 2.15. The van der Waals surface area contributed by atoms with Crippen LogP contribution in [0.15, 0.2) is 48.8 Å².